The number of benzene rings is 12. The second-order valence-electron chi connectivity index (χ2n) is 18.6. The predicted octanol–water partition coefficient (Wildman–Crippen LogP) is 20.3. The number of nitrogens with zero attached hydrogens (tertiary/aromatic N) is 2. The molecule has 0 aliphatic rings. The summed E-state index contributed by atoms with van der Waals surface area (Å²) in [5.74, 6) is 0. The van der Waals surface area contributed by atoms with Gasteiger partial charge in [-0.15, -0.1) is 0 Å². The van der Waals surface area contributed by atoms with E-state index in [4.69, 9.17) is 0 Å². The van der Waals surface area contributed by atoms with E-state index in [1.807, 2.05) is 0 Å². The number of anilines is 6. The average molecular weight is 945 g/mol. The fraction of sp³-hybridized carbons (Fsp3) is 0. The molecule has 2 heteroatoms. The molecule has 74 heavy (non-hydrogen) atoms. The summed E-state index contributed by atoms with van der Waals surface area (Å²) in [5.41, 5.74) is 23.0. The highest BCUT2D eigenvalue weighted by Gasteiger charge is 2.18. The molecule has 2 nitrogen and oxygen atoms in total. The largest absolute Gasteiger partial charge is 0.311 e. The van der Waals surface area contributed by atoms with Crippen molar-refractivity contribution in [2.45, 2.75) is 0 Å². The predicted molar refractivity (Wildman–Crippen MR) is 314 cm³/mol. The fourth-order valence-electron chi connectivity index (χ4n) is 10.0. The summed E-state index contributed by atoms with van der Waals surface area (Å²) in [4.78, 5) is 4.73. The van der Waals surface area contributed by atoms with Crippen LogP contribution < -0.4 is 9.80 Å². The third-order valence-electron chi connectivity index (χ3n) is 13.9. The molecular weight excluding hydrogens is 893 g/mol. The number of hydrogen-bond acceptors (Lipinski definition) is 2. The second kappa shape index (κ2) is 20.9. The first kappa shape index (κ1) is 45.4. The van der Waals surface area contributed by atoms with Gasteiger partial charge >= 0.3 is 0 Å². The Bertz CT molecular complexity index is 3690. The van der Waals surface area contributed by atoms with Crippen molar-refractivity contribution in [1.29, 1.82) is 0 Å². The van der Waals surface area contributed by atoms with E-state index < -0.39 is 0 Å². The maximum Gasteiger partial charge on any atom is 0.0473 e. The van der Waals surface area contributed by atoms with Crippen molar-refractivity contribution in [2.24, 2.45) is 0 Å². The molecule has 0 spiro atoms. The molecule has 0 radical (unpaired) electrons. The molecule has 0 unspecified atom stereocenters. The highest BCUT2D eigenvalue weighted by molar-refractivity contribution is 5.87. The first-order valence-electron chi connectivity index (χ1n) is 25.3. The van der Waals surface area contributed by atoms with Gasteiger partial charge < -0.3 is 9.80 Å². The van der Waals surface area contributed by atoms with Crippen LogP contribution in [0.1, 0.15) is 0 Å². The smallest absolute Gasteiger partial charge is 0.0473 e. The standard InChI is InChI=1S/C72H52N2/c1-6-17-53(18-7-1)58-29-39-67(40-30-58)73(69-47-37-62(38-48-69)64-28-16-27-63(49-64)55-21-10-3-11-22-55)68-41-33-60(34-42-68)61-35-45-71(46-36-61)74(70-43-31-59(32-44-70)54-19-8-2-9-20-54)72-51-65(56-23-12-4-13-24-56)50-66(52-72)57-25-14-5-15-26-57/h1-52H. The minimum Gasteiger partial charge on any atom is -0.311 e. The Morgan fingerprint density at radius 3 is 0.595 bits per heavy atom. The summed E-state index contributed by atoms with van der Waals surface area (Å²) in [5, 5.41) is 0. The first-order chi connectivity index (χ1) is 36.7. The van der Waals surface area contributed by atoms with Crippen molar-refractivity contribution >= 4 is 34.1 Å². The molecule has 350 valence electrons. The van der Waals surface area contributed by atoms with Crippen LogP contribution in [0, 0.1) is 0 Å². The van der Waals surface area contributed by atoms with Gasteiger partial charge in [0.1, 0.15) is 0 Å². The Morgan fingerprint density at radius 2 is 0.311 bits per heavy atom. The van der Waals surface area contributed by atoms with Crippen LogP contribution in [0.4, 0.5) is 34.1 Å². The monoisotopic (exact) mass is 944 g/mol. The third kappa shape index (κ3) is 9.81. The highest BCUT2D eigenvalue weighted by atomic mass is 15.1. The van der Waals surface area contributed by atoms with Crippen molar-refractivity contribution in [2.75, 3.05) is 9.80 Å². The third-order valence-corrected chi connectivity index (χ3v) is 13.9. The summed E-state index contributed by atoms with van der Waals surface area (Å²) in [7, 11) is 0. The minimum atomic E-state index is 1.07. The van der Waals surface area contributed by atoms with Crippen LogP contribution in [-0.2, 0) is 0 Å². The van der Waals surface area contributed by atoms with E-state index in [0.717, 1.165) is 56.4 Å². The van der Waals surface area contributed by atoms with Crippen molar-refractivity contribution in [3.63, 3.8) is 0 Å². The van der Waals surface area contributed by atoms with E-state index >= 15 is 0 Å². The van der Waals surface area contributed by atoms with Crippen molar-refractivity contribution in [3.8, 4) is 77.9 Å². The van der Waals surface area contributed by atoms with E-state index in [0.29, 0.717) is 0 Å². The molecule has 0 heterocycles. The van der Waals surface area contributed by atoms with Crippen LogP contribution in [0.5, 0.6) is 0 Å². The Morgan fingerprint density at radius 1 is 0.122 bits per heavy atom. The SMILES string of the molecule is c1ccc(-c2ccc(N(c3ccc(-c4ccc(N(c5ccc(-c6ccccc6)cc5)c5cc(-c6ccccc6)cc(-c6ccccc6)c5)cc4)cc3)c3ccc(-c4cccc(-c5ccccc5)c4)cc3)cc2)cc1. The molecule has 0 fully saturated rings. The zero-order chi connectivity index (χ0) is 49.5. The highest BCUT2D eigenvalue weighted by Crippen LogP contribution is 2.42. The van der Waals surface area contributed by atoms with Crippen molar-refractivity contribution < 1.29 is 0 Å². The maximum absolute atomic E-state index is 2.38. The van der Waals surface area contributed by atoms with Crippen molar-refractivity contribution in [3.05, 3.63) is 315 Å². The van der Waals surface area contributed by atoms with Gasteiger partial charge in [0, 0.05) is 34.1 Å². The molecule has 12 rings (SSSR count). The average Bonchev–Trinajstić information content (AvgIpc) is 3.49. The summed E-state index contributed by atoms with van der Waals surface area (Å²) >= 11 is 0. The van der Waals surface area contributed by atoms with Gasteiger partial charge in [0.15, 0.2) is 0 Å². The second-order valence-corrected chi connectivity index (χ2v) is 18.6. The summed E-state index contributed by atoms with van der Waals surface area (Å²) in [6, 6.07) is 114. The zero-order valence-corrected chi connectivity index (χ0v) is 40.9. The fourth-order valence-corrected chi connectivity index (χ4v) is 10.0. The van der Waals surface area contributed by atoms with Crippen LogP contribution in [0.3, 0.4) is 0 Å². The lowest BCUT2D eigenvalue weighted by Gasteiger charge is -2.27. The van der Waals surface area contributed by atoms with E-state index in [-0.39, 0.29) is 0 Å². The molecule has 0 aliphatic carbocycles. The van der Waals surface area contributed by atoms with Crippen LogP contribution in [-0.4, -0.2) is 0 Å². The Kier molecular flexibility index (Phi) is 12.8. The van der Waals surface area contributed by atoms with Gasteiger partial charge in [-0.05, 0) is 163 Å². The van der Waals surface area contributed by atoms with Gasteiger partial charge in [0.2, 0.25) is 0 Å². The lowest BCUT2D eigenvalue weighted by atomic mass is 9.97. The summed E-state index contributed by atoms with van der Waals surface area (Å²) in [6.07, 6.45) is 0. The lowest BCUT2D eigenvalue weighted by molar-refractivity contribution is 1.28. The minimum absolute atomic E-state index is 1.07. The van der Waals surface area contributed by atoms with E-state index in [2.05, 4.69) is 325 Å². The topological polar surface area (TPSA) is 6.48 Å². The zero-order valence-electron chi connectivity index (χ0n) is 40.9. The molecule has 12 aromatic carbocycles. The molecule has 0 aromatic heterocycles. The molecule has 0 atom stereocenters. The maximum atomic E-state index is 2.38. The quantitative estimate of drug-likeness (QED) is 0.114. The van der Waals surface area contributed by atoms with Gasteiger partial charge in [0.25, 0.3) is 0 Å². The van der Waals surface area contributed by atoms with Crippen LogP contribution in [0.2, 0.25) is 0 Å². The van der Waals surface area contributed by atoms with Gasteiger partial charge in [-0.3, -0.25) is 0 Å². The number of hydrogen-bond donors (Lipinski definition) is 0. The lowest BCUT2D eigenvalue weighted by Crippen LogP contribution is -2.10. The van der Waals surface area contributed by atoms with E-state index in [9.17, 15) is 0 Å². The first-order valence-corrected chi connectivity index (χ1v) is 25.3. The molecule has 12 aromatic rings. The Hall–Kier alpha value is -9.76. The summed E-state index contributed by atoms with van der Waals surface area (Å²) < 4.78 is 0. The van der Waals surface area contributed by atoms with Gasteiger partial charge in [0.05, 0.1) is 0 Å². The molecule has 0 N–H and O–H groups in total. The van der Waals surface area contributed by atoms with Crippen LogP contribution in [0.25, 0.3) is 77.9 Å². The van der Waals surface area contributed by atoms with Gasteiger partial charge in [-0.25, -0.2) is 0 Å². The van der Waals surface area contributed by atoms with Gasteiger partial charge in [-0.2, -0.15) is 0 Å². The molecule has 0 amide bonds. The molecule has 0 bridgehead atoms. The molecule has 0 aliphatic heterocycles. The van der Waals surface area contributed by atoms with Gasteiger partial charge in [-0.1, -0.05) is 231 Å². The van der Waals surface area contributed by atoms with Crippen LogP contribution >= 0.6 is 0 Å². The van der Waals surface area contributed by atoms with Crippen molar-refractivity contribution in [1.82, 2.24) is 0 Å². The summed E-state index contributed by atoms with van der Waals surface area (Å²) in [6.45, 7) is 0. The van der Waals surface area contributed by atoms with Crippen LogP contribution in [0.15, 0.2) is 315 Å². The Labute approximate surface area is 435 Å². The number of rotatable bonds is 13. The van der Waals surface area contributed by atoms with E-state index in [1.54, 1.807) is 0 Å². The normalized spacial score (nSPS) is 11.0. The molecular formula is C72H52N2. The molecule has 0 saturated carbocycles. The molecule has 0 saturated heterocycles. The Balaban J connectivity index is 0.890. The van der Waals surface area contributed by atoms with E-state index in [1.165, 1.54) is 55.6 Å².